The Kier molecular flexibility index (Phi) is 1.49. The zero-order valence-electron chi connectivity index (χ0n) is 5.62. The first kappa shape index (κ1) is 7.75. The summed E-state index contributed by atoms with van der Waals surface area (Å²) in [6.07, 6.45) is -1.19. The molecule has 2 atom stereocenters. The van der Waals surface area contributed by atoms with Crippen LogP contribution in [0.5, 0.6) is 0 Å². The smallest absolute Gasteiger partial charge is 0.312 e. The molecular formula is C4H4Cl2N4O2. The molecule has 12 heavy (non-hydrogen) atoms. The van der Waals surface area contributed by atoms with Gasteiger partial charge in [-0.25, -0.2) is 18.4 Å². The quantitative estimate of drug-likeness (QED) is 0.553. The molecule has 2 rings (SSSR count). The number of rotatable bonds is 0. The van der Waals surface area contributed by atoms with Crippen LogP contribution in [0.15, 0.2) is 0 Å². The summed E-state index contributed by atoms with van der Waals surface area (Å²) in [5, 5.41) is 4.82. The molecule has 2 aliphatic rings. The third-order valence-electron chi connectivity index (χ3n) is 1.72. The van der Waals surface area contributed by atoms with Gasteiger partial charge in [0, 0.05) is 23.6 Å². The Morgan fingerprint density at radius 2 is 1.33 bits per heavy atom. The second-order valence-electron chi connectivity index (χ2n) is 2.41. The van der Waals surface area contributed by atoms with Crippen LogP contribution in [0.4, 0.5) is 9.59 Å². The Bertz CT molecular complexity index is 233. The van der Waals surface area contributed by atoms with Crippen LogP contribution >= 0.6 is 23.6 Å². The van der Waals surface area contributed by atoms with E-state index in [1.165, 1.54) is 0 Å². The molecule has 2 N–H and O–H groups in total. The Morgan fingerprint density at radius 1 is 1.00 bits per heavy atom. The van der Waals surface area contributed by atoms with Crippen molar-refractivity contribution in [3.05, 3.63) is 0 Å². The van der Waals surface area contributed by atoms with E-state index in [4.69, 9.17) is 23.6 Å². The summed E-state index contributed by atoms with van der Waals surface area (Å²) in [7, 11) is 0. The van der Waals surface area contributed by atoms with Gasteiger partial charge in [0.05, 0.1) is 0 Å². The van der Waals surface area contributed by atoms with E-state index in [0.717, 1.165) is 8.84 Å². The van der Waals surface area contributed by atoms with E-state index in [-0.39, 0.29) is 0 Å². The van der Waals surface area contributed by atoms with Gasteiger partial charge < -0.3 is 10.6 Å². The number of hydrogen-bond acceptors (Lipinski definition) is 2. The number of amides is 4. The summed E-state index contributed by atoms with van der Waals surface area (Å²) in [6.45, 7) is 0. The van der Waals surface area contributed by atoms with Crippen molar-refractivity contribution in [2.75, 3.05) is 0 Å². The minimum absolute atomic E-state index is 0.475. The van der Waals surface area contributed by atoms with E-state index < -0.39 is 24.4 Å². The highest BCUT2D eigenvalue weighted by molar-refractivity contribution is 6.25. The summed E-state index contributed by atoms with van der Waals surface area (Å²) in [4.78, 5) is 21.8. The Labute approximate surface area is 77.6 Å². The fraction of sp³-hybridized carbons (Fsp3) is 0.500. The van der Waals surface area contributed by atoms with Gasteiger partial charge in [-0.3, -0.25) is 0 Å². The summed E-state index contributed by atoms with van der Waals surface area (Å²) in [5.41, 5.74) is 0. The molecule has 2 unspecified atom stereocenters. The fourth-order valence-corrected chi connectivity index (χ4v) is 1.56. The molecule has 8 heteroatoms. The largest absolute Gasteiger partial charge is 0.335 e. The molecule has 0 aromatic heterocycles. The van der Waals surface area contributed by atoms with E-state index in [1.807, 2.05) is 0 Å². The number of carbonyl (C=O) groups excluding carboxylic acids is 2. The maximum absolute atomic E-state index is 10.9. The summed E-state index contributed by atoms with van der Waals surface area (Å²) in [6, 6.07) is -0.949. The lowest BCUT2D eigenvalue weighted by Crippen LogP contribution is -2.38. The fourth-order valence-electron chi connectivity index (χ4n) is 1.15. The first-order valence-corrected chi connectivity index (χ1v) is 3.80. The Morgan fingerprint density at radius 3 is 1.67 bits per heavy atom. The highest BCUT2D eigenvalue weighted by Gasteiger charge is 2.50. The van der Waals surface area contributed by atoms with E-state index in [1.54, 1.807) is 0 Å². The molecule has 0 radical (unpaired) electrons. The van der Waals surface area contributed by atoms with Crippen LogP contribution in [0.25, 0.3) is 0 Å². The number of nitrogens with zero attached hydrogens (tertiary/aromatic N) is 2. The van der Waals surface area contributed by atoms with Crippen LogP contribution in [0.2, 0.25) is 0 Å². The average Bonchev–Trinajstić information content (AvgIpc) is 2.43. The lowest BCUT2D eigenvalue weighted by molar-refractivity contribution is 0.221. The van der Waals surface area contributed by atoms with Crippen LogP contribution < -0.4 is 10.6 Å². The molecular weight excluding hydrogens is 207 g/mol. The van der Waals surface area contributed by atoms with E-state index >= 15 is 0 Å². The Hall–Kier alpha value is -0.880. The normalized spacial score (nSPS) is 33.5. The molecule has 0 saturated carbocycles. The second kappa shape index (κ2) is 2.30. The molecule has 2 aliphatic heterocycles. The van der Waals surface area contributed by atoms with E-state index in [9.17, 15) is 9.59 Å². The highest BCUT2D eigenvalue weighted by atomic mass is 35.5. The molecule has 0 aromatic rings. The summed E-state index contributed by atoms with van der Waals surface area (Å²) >= 11 is 11.0. The molecule has 6 nitrogen and oxygen atoms in total. The van der Waals surface area contributed by atoms with Crippen molar-refractivity contribution in [2.24, 2.45) is 0 Å². The average molecular weight is 211 g/mol. The molecule has 0 aromatic carbocycles. The third-order valence-corrected chi connectivity index (χ3v) is 2.45. The van der Waals surface area contributed by atoms with Crippen molar-refractivity contribution >= 4 is 35.6 Å². The summed E-state index contributed by atoms with van der Waals surface area (Å²) in [5.74, 6) is 0. The molecule has 2 fully saturated rings. The van der Waals surface area contributed by atoms with Crippen LogP contribution in [0.3, 0.4) is 0 Å². The second-order valence-corrected chi connectivity index (χ2v) is 3.14. The van der Waals surface area contributed by atoms with Crippen molar-refractivity contribution in [1.29, 1.82) is 0 Å². The maximum atomic E-state index is 10.9. The first-order chi connectivity index (χ1) is 5.61. The van der Waals surface area contributed by atoms with Crippen molar-refractivity contribution in [3.8, 4) is 0 Å². The minimum Gasteiger partial charge on any atom is -0.312 e. The van der Waals surface area contributed by atoms with Gasteiger partial charge >= 0.3 is 12.1 Å². The van der Waals surface area contributed by atoms with Crippen LogP contribution in [-0.2, 0) is 0 Å². The Balaban J connectivity index is 2.24. The number of nitrogens with one attached hydrogen (secondary N) is 2. The molecule has 0 spiro atoms. The number of halogens is 2. The molecule has 0 bridgehead atoms. The van der Waals surface area contributed by atoms with Gasteiger partial charge in [-0.05, 0) is 0 Å². The van der Waals surface area contributed by atoms with Gasteiger partial charge in [0.15, 0.2) is 12.3 Å². The van der Waals surface area contributed by atoms with Crippen LogP contribution in [0.1, 0.15) is 0 Å². The molecule has 2 heterocycles. The highest BCUT2D eigenvalue weighted by Crippen LogP contribution is 2.23. The van der Waals surface area contributed by atoms with E-state index in [0.29, 0.717) is 0 Å². The standard InChI is InChI=1S/C4H4Cl2N4O2/c5-9-1-2(8-4(9)12)10(6)3(11)7-1/h1-2H,(H,7,11)(H,8,12). The number of urea groups is 2. The zero-order valence-corrected chi connectivity index (χ0v) is 7.13. The van der Waals surface area contributed by atoms with Gasteiger partial charge in [-0.2, -0.15) is 0 Å². The predicted octanol–water partition coefficient (Wildman–Crippen LogP) is -0.00340. The zero-order chi connectivity index (χ0) is 8.88. The van der Waals surface area contributed by atoms with Gasteiger partial charge in [0.25, 0.3) is 0 Å². The SMILES string of the molecule is O=C1NC2C(NC(=O)N2Cl)N1Cl. The van der Waals surface area contributed by atoms with Crippen molar-refractivity contribution in [2.45, 2.75) is 12.3 Å². The number of hydrogen-bond donors (Lipinski definition) is 2. The van der Waals surface area contributed by atoms with Gasteiger partial charge in [0.2, 0.25) is 0 Å². The molecule has 4 amide bonds. The van der Waals surface area contributed by atoms with E-state index in [2.05, 4.69) is 10.6 Å². The first-order valence-electron chi connectivity index (χ1n) is 3.12. The van der Waals surface area contributed by atoms with Gasteiger partial charge in [-0.1, -0.05) is 0 Å². The monoisotopic (exact) mass is 210 g/mol. The molecule has 0 aliphatic carbocycles. The topological polar surface area (TPSA) is 64.7 Å². The van der Waals surface area contributed by atoms with Crippen LogP contribution in [-0.4, -0.2) is 33.2 Å². The predicted molar refractivity (Wildman–Crippen MR) is 40.0 cm³/mol. The van der Waals surface area contributed by atoms with Crippen LogP contribution in [0, 0.1) is 0 Å². The lowest BCUT2D eigenvalue weighted by Gasteiger charge is -2.11. The molecule has 66 valence electrons. The third kappa shape index (κ3) is 0.818. The van der Waals surface area contributed by atoms with Crippen molar-refractivity contribution in [1.82, 2.24) is 19.5 Å². The number of fused-ring (bicyclic) bond motifs is 1. The van der Waals surface area contributed by atoms with Gasteiger partial charge in [0.1, 0.15) is 0 Å². The maximum Gasteiger partial charge on any atom is 0.335 e. The van der Waals surface area contributed by atoms with Gasteiger partial charge in [-0.15, -0.1) is 0 Å². The van der Waals surface area contributed by atoms with Crippen molar-refractivity contribution in [3.63, 3.8) is 0 Å². The van der Waals surface area contributed by atoms with Crippen molar-refractivity contribution < 1.29 is 9.59 Å². The summed E-state index contributed by atoms with van der Waals surface area (Å²) < 4.78 is 1.73. The minimum atomic E-state index is -0.593. The molecule has 2 saturated heterocycles. The lowest BCUT2D eigenvalue weighted by atomic mass is 10.4. The number of carbonyl (C=O) groups is 2.